The van der Waals surface area contributed by atoms with Gasteiger partial charge >= 0.3 is 11.8 Å². The van der Waals surface area contributed by atoms with Crippen LogP contribution in [-0.2, 0) is 9.59 Å². The summed E-state index contributed by atoms with van der Waals surface area (Å²) < 4.78 is 5.60. The van der Waals surface area contributed by atoms with Gasteiger partial charge in [-0.05, 0) is 37.3 Å². The van der Waals surface area contributed by atoms with Crippen molar-refractivity contribution in [1.29, 1.82) is 0 Å². The number of carbonyl (C=O) groups is 2. The van der Waals surface area contributed by atoms with Gasteiger partial charge in [-0.1, -0.05) is 29.8 Å². The molecule has 0 saturated carbocycles. The van der Waals surface area contributed by atoms with Crippen LogP contribution in [0.5, 0.6) is 0 Å². The number of carbonyl (C=O) groups excluding carboxylic acids is 2. The molecule has 2 N–H and O–H groups in total. The fourth-order valence-corrected chi connectivity index (χ4v) is 2.80. The van der Waals surface area contributed by atoms with Crippen LogP contribution in [0.1, 0.15) is 11.3 Å². The van der Waals surface area contributed by atoms with E-state index in [1.165, 1.54) is 18.3 Å². The summed E-state index contributed by atoms with van der Waals surface area (Å²) in [4.78, 5) is 34.3. The smallest absolute Gasteiger partial charge is 0.329 e. The molecule has 3 rings (SSSR count). The van der Waals surface area contributed by atoms with Crippen molar-refractivity contribution >= 4 is 41.0 Å². The number of anilines is 1. The monoisotopic (exact) mass is 426 g/mol. The molecule has 152 valence electrons. The Labute approximate surface area is 175 Å². The zero-order valence-corrected chi connectivity index (χ0v) is 16.3. The van der Waals surface area contributed by atoms with Crippen LogP contribution in [0, 0.1) is 17.0 Å². The molecule has 0 aliphatic carbocycles. The number of benzene rings is 2. The van der Waals surface area contributed by atoms with Gasteiger partial charge in [-0.15, -0.1) is 0 Å². The zero-order valence-electron chi connectivity index (χ0n) is 15.6. The Morgan fingerprint density at radius 2 is 1.90 bits per heavy atom. The highest BCUT2D eigenvalue weighted by Crippen LogP contribution is 2.30. The van der Waals surface area contributed by atoms with Crippen molar-refractivity contribution < 1.29 is 18.9 Å². The van der Waals surface area contributed by atoms with E-state index < -0.39 is 16.7 Å². The molecule has 0 radical (unpaired) electrons. The van der Waals surface area contributed by atoms with Crippen molar-refractivity contribution in [1.82, 2.24) is 5.43 Å². The molecule has 0 saturated heterocycles. The van der Waals surface area contributed by atoms with Crippen molar-refractivity contribution in [3.8, 4) is 11.3 Å². The number of hydrazone groups is 1. The summed E-state index contributed by atoms with van der Waals surface area (Å²) >= 11 is 5.82. The fourth-order valence-electron chi connectivity index (χ4n) is 2.61. The predicted octanol–water partition coefficient (Wildman–Crippen LogP) is 3.91. The molecule has 0 fully saturated rings. The molecule has 0 bridgehead atoms. The van der Waals surface area contributed by atoms with Crippen LogP contribution in [0.15, 0.2) is 64.1 Å². The Morgan fingerprint density at radius 3 is 2.63 bits per heavy atom. The van der Waals surface area contributed by atoms with Crippen molar-refractivity contribution in [2.24, 2.45) is 5.10 Å². The van der Waals surface area contributed by atoms with Crippen LogP contribution in [0.4, 0.5) is 11.4 Å². The maximum Gasteiger partial charge on any atom is 0.329 e. The number of rotatable bonds is 5. The van der Waals surface area contributed by atoms with Gasteiger partial charge in [-0.3, -0.25) is 19.7 Å². The number of furan rings is 1. The lowest BCUT2D eigenvalue weighted by Gasteiger charge is -2.04. The summed E-state index contributed by atoms with van der Waals surface area (Å²) in [7, 11) is 0. The molecule has 1 aromatic heterocycles. The van der Waals surface area contributed by atoms with E-state index in [4.69, 9.17) is 16.0 Å². The maximum absolute atomic E-state index is 11.9. The Bertz CT molecular complexity index is 1160. The second-order valence-electron chi connectivity index (χ2n) is 6.07. The number of nitrogens with one attached hydrogen (secondary N) is 2. The summed E-state index contributed by atoms with van der Waals surface area (Å²) in [6.45, 7) is 1.63. The lowest BCUT2D eigenvalue weighted by Crippen LogP contribution is -2.32. The molecule has 10 heteroatoms. The molecule has 0 unspecified atom stereocenters. The first-order valence-electron chi connectivity index (χ1n) is 8.59. The Balaban J connectivity index is 1.63. The van der Waals surface area contributed by atoms with Crippen LogP contribution < -0.4 is 10.7 Å². The number of hydrogen-bond acceptors (Lipinski definition) is 6. The molecule has 0 atom stereocenters. The topological polar surface area (TPSA) is 127 Å². The number of nitro groups is 1. The van der Waals surface area contributed by atoms with Gasteiger partial charge in [0.15, 0.2) is 0 Å². The van der Waals surface area contributed by atoms with Crippen molar-refractivity contribution in [2.45, 2.75) is 6.92 Å². The molecule has 2 amide bonds. The van der Waals surface area contributed by atoms with E-state index in [0.29, 0.717) is 27.6 Å². The van der Waals surface area contributed by atoms with E-state index >= 15 is 0 Å². The number of halogens is 1. The second-order valence-corrected chi connectivity index (χ2v) is 6.51. The van der Waals surface area contributed by atoms with E-state index in [1.54, 1.807) is 49.4 Å². The third kappa shape index (κ3) is 4.89. The molecule has 30 heavy (non-hydrogen) atoms. The van der Waals surface area contributed by atoms with Gasteiger partial charge in [0.1, 0.15) is 11.5 Å². The minimum atomic E-state index is -0.979. The highest BCUT2D eigenvalue weighted by molar-refractivity contribution is 6.39. The number of nitro benzene ring substituents is 1. The van der Waals surface area contributed by atoms with Gasteiger partial charge in [0, 0.05) is 27.9 Å². The first kappa shape index (κ1) is 20.7. The zero-order chi connectivity index (χ0) is 21.7. The van der Waals surface area contributed by atoms with E-state index in [2.05, 4.69) is 15.8 Å². The molecular formula is C20H15ClN4O5. The molecule has 0 spiro atoms. The van der Waals surface area contributed by atoms with Gasteiger partial charge < -0.3 is 9.73 Å². The minimum absolute atomic E-state index is 0.0166. The fraction of sp³-hybridized carbons (Fsp3) is 0.0500. The van der Waals surface area contributed by atoms with Crippen LogP contribution in [-0.4, -0.2) is 23.0 Å². The molecule has 9 nitrogen and oxygen atoms in total. The van der Waals surface area contributed by atoms with E-state index in [-0.39, 0.29) is 11.4 Å². The average molecular weight is 427 g/mol. The first-order chi connectivity index (χ1) is 14.3. The van der Waals surface area contributed by atoms with Crippen LogP contribution in [0.2, 0.25) is 5.02 Å². The highest BCUT2D eigenvalue weighted by atomic mass is 35.5. The van der Waals surface area contributed by atoms with Crippen molar-refractivity contribution in [2.75, 3.05) is 5.32 Å². The quantitative estimate of drug-likeness (QED) is 0.277. The Kier molecular flexibility index (Phi) is 6.23. The summed E-state index contributed by atoms with van der Waals surface area (Å²) in [6, 6.07) is 14.2. The average Bonchev–Trinajstić information content (AvgIpc) is 3.16. The van der Waals surface area contributed by atoms with Crippen molar-refractivity contribution in [3.05, 3.63) is 81.1 Å². The Hall–Kier alpha value is -3.98. The third-order valence-corrected chi connectivity index (χ3v) is 4.28. The van der Waals surface area contributed by atoms with Gasteiger partial charge in [0.25, 0.3) is 5.69 Å². The van der Waals surface area contributed by atoms with Crippen molar-refractivity contribution in [3.63, 3.8) is 0 Å². The van der Waals surface area contributed by atoms with E-state index in [0.717, 1.165) is 0 Å². The largest absolute Gasteiger partial charge is 0.455 e. The minimum Gasteiger partial charge on any atom is -0.455 e. The second kappa shape index (κ2) is 9.01. The number of amides is 2. The predicted molar refractivity (Wildman–Crippen MR) is 111 cm³/mol. The number of hydrogen-bond donors (Lipinski definition) is 2. The SMILES string of the molecule is Cc1c(-c2ccc(/C=N/NC(=O)C(=O)Nc3cccc(Cl)c3)o2)cccc1[N+](=O)[O-]. The Morgan fingerprint density at radius 1 is 1.13 bits per heavy atom. The molecule has 0 aliphatic heterocycles. The summed E-state index contributed by atoms with van der Waals surface area (Å²) in [6.07, 6.45) is 1.21. The van der Waals surface area contributed by atoms with Gasteiger partial charge in [-0.25, -0.2) is 5.43 Å². The van der Waals surface area contributed by atoms with Gasteiger partial charge in [0.05, 0.1) is 11.1 Å². The number of nitrogens with zero attached hydrogens (tertiary/aromatic N) is 2. The first-order valence-corrected chi connectivity index (χ1v) is 8.97. The summed E-state index contributed by atoms with van der Waals surface area (Å²) in [5.74, 6) is -1.21. The molecular weight excluding hydrogens is 412 g/mol. The molecule has 1 heterocycles. The summed E-state index contributed by atoms with van der Waals surface area (Å²) in [5.41, 5.74) is 3.47. The van der Waals surface area contributed by atoms with E-state index in [9.17, 15) is 19.7 Å². The van der Waals surface area contributed by atoms with Crippen LogP contribution >= 0.6 is 11.6 Å². The van der Waals surface area contributed by atoms with Crippen LogP contribution in [0.3, 0.4) is 0 Å². The van der Waals surface area contributed by atoms with Gasteiger partial charge in [0.2, 0.25) is 0 Å². The third-order valence-electron chi connectivity index (χ3n) is 4.04. The highest BCUT2D eigenvalue weighted by Gasteiger charge is 2.16. The molecule has 0 aliphatic rings. The standard InChI is InChI=1S/C20H15ClN4O5/c1-12-16(6-3-7-17(12)25(28)29)18-9-8-15(30-18)11-22-24-20(27)19(26)23-14-5-2-4-13(21)10-14/h2-11H,1H3,(H,23,26)(H,24,27)/b22-11+. The lowest BCUT2D eigenvalue weighted by atomic mass is 10.1. The van der Waals surface area contributed by atoms with E-state index in [1.807, 2.05) is 0 Å². The lowest BCUT2D eigenvalue weighted by molar-refractivity contribution is -0.385. The molecule has 3 aromatic rings. The summed E-state index contributed by atoms with van der Waals surface area (Å²) in [5, 5.41) is 17.6. The molecule has 2 aromatic carbocycles. The maximum atomic E-state index is 11.9. The normalized spacial score (nSPS) is 10.7. The van der Waals surface area contributed by atoms with Crippen LogP contribution in [0.25, 0.3) is 11.3 Å². The van der Waals surface area contributed by atoms with Gasteiger partial charge in [-0.2, -0.15) is 5.10 Å².